The van der Waals surface area contributed by atoms with Crippen molar-refractivity contribution in [2.45, 2.75) is 12.5 Å². The molecule has 2 aliphatic heterocycles. The predicted octanol–water partition coefficient (Wildman–Crippen LogP) is 0.0877. The highest BCUT2D eigenvalue weighted by Crippen LogP contribution is 2.28. The normalized spacial score (nSPS) is 32.1. The van der Waals surface area contributed by atoms with Crippen LogP contribution in [-0.2, 0) is 0 Å². The van der Waals surface area contributed by atoms with E-state index in [1.807, 2.05) is 0 Å². The van der Waals surface area contributed by atoms with Crippen molar-refractivity contribution in [2.75, 3.05) is 47.3 Å². The molecule has 0 aromatic carbocycles. The van der Waals surface area contributed by atoms with Gasteiger partial charge in [-0.05, 0) is 45.9 Å². The first-order chi connectivity index (χ1) is 6.68. The molecule has 0 amide bonds. The lowest BCUT2D eigenvalue weighted by Gasteiger charge is -2.41. The lowest BCUT2D eigenvalue weighted by Crippen LogP contribution is -2.56. The van der Waals surface area contributed by atoms with Gasteiger partial charge in [-0.15, -0.1) is 0 Å². The zero-order valence-electron chi connectivity index (χ0n) is 9.66. The van der Waals surface area contributed by atoms with Gasteiger partial charge in [0.15, 0.2) is 0 Å². The van der Waals surface area contributed by atoms with Crippen LogP contribution in [0.5, 0.6) is 0 Å². The summed E-state index contributed by atoms with van der Waals surface area (Å²) in [7, 11) is 6.72. The zero-order valence-corrected chi connectivity index (χ0v) is 9.66. The smallest absolute Gasteiger partial charge is 0.0183 e. The number of rotatable bonds is 3. The quantitative estimate of drug-likeness (QED) is 0.692. The van der Waals surface area contributed by atoms with Crippen molar-refractivity contribution < 1.29 is 0 Å². The average Bonchev–Trinajstić information content (AvgIpc) is 2.42. The van der Waals surface area contributed by atoms with Gasteiger partial charge in [0, 0.05) is 25.7 Å². The lowest BCUT2D eigenvalue weighted by atomic mass is 9.83. The molecule has 0 aromatic rings. The maximum absolute atomic E-state index is 3.39. The van der Waals surface area contributed by atoms with E-state index < -0.39 is 0 Å². The first-order valence-electron chi connectivity index (χ1n) is 5.74. The summed E-state index contributed by atoms with van der Waals surface area (Å²) in [6.07, 6.45) is 1.38. The Kier molecular flexibility index (Phi) is 3.10. The maximum atomic E-state index is 3.39. The SMILES string of the molecule is CN1CCC(C(C2CNC2)N(C)C)C1. The third kappa shape index (κ3) is 1.95. The molecule has 0 spiro atoms. The summed E-state index contributed by atoms with van der Waals surface area (Å²) in [5.74, 6) is 1.78. The van der Waals surface area contributed by atoms with Gasteiger partial charge in [-0.3, -0.25) is 0 Å². The number of nitrogens with zero attached hydrogens (tertiary/aromatic N) is 2. The van der Waals surface area contributed by atoms with Crippen LogP contribution in [0, 0.1) is 11.8 Å². The maximum Gasteiger partial charge on any atom is 0.0183 e. The Labute approximate surface area is 87.4 Å². The number of likely N-dealkylation sites (tertiary alicyclic amines) is 1. The lowest BCUT2D eigenvalue weighted by molar-refractivity contribution is 0.107. The van der Waals surface area contributed by atoms with E-state index in [0.29, 0.717) is 0 Å². The van der Waals surface area contributed by atoms with Crippen molar-refractivity contribution in [3.05, 3.63) is 0 Å². The molecule has 82 valence electrons. The minimum Gasteiger partial charge on any atom is -0.316 e. The molecule has 2 saturated heterocycles. The van der Waals surface area contributed by atoms with Crippen LogP contribution in [0.25, 0.3) is 0 Å². The minimum absolute atomic E-state index is 0.793. The molecule has 0 bridgehead atoms. The molecule has 0 saturated carbocycles. The molecule has 3 nitrogen and oxygen atoms in total. The third-order valence-corrected chi connectivity index (χ3v) is 3.80. The highest BCUT2D eigenvalue weighted by atomic mass is 15.2. The van der Waals surface area contributed by atoms with Gasteiger partial charge < -0.3 is 15.1 Å². The minimum atomic E-state index is 0.793. The molecule has 0 aliphatic carbocycles. The van der Waals surface area contributed by atoms with Crippen LogP contribution >= 0.6 is 0 Å². The summed E-state index contributed by atoms with van der Waals surface area (Å²) in [4.78, 5) is 4.91. The second-order valence-corrected chi connectivity index (χ2v) is 5.18. The van der Waals surface area contributed by atoms with Gasteiger partial charge in [0.2, 0.25) is 0 Å². The van der Waals surface area contributed by atoms with Gasteiger partial charge in [-0.2, -0.15) is 0 Å². The second-order valence-electron chi connectivity index (χ2n) is 5.18. The van der Waals surface area contributed by atoms with Crippen molar-refractivity contribution in [3.8, 4) is 0 Å². The molecule has 2 unspecified atom stereocenters. The Balaban J connectivity index is 1.95. The van der Waals surface area contributed by atoms with Crippen LogP contribution in [0.1, 0.15) is 6.42 Å². The fourth-order valence-corrected chi connectivity index (χ4v) is 3.03. The van der Waals surface area contributed by atoms with Crippen molar-refractivity contribution >= 4 is 0 Å². The second kappa shape index (κ2) is 4.17. The highest BCUT2D eigenvalue weighted by Gasteiger charge is 2.37. The summed E-state index contributed by atoms with van der Waals surface area (Å²) in [5, 5.41) is 3.39. The molecule has 2 rings (SSSR count). The molecule has 1 N–H and O–H groups in total. The van der Waals surface area contributed by atoms with E-state index >= 15 is 0 Å². The largest absolute Gasteiger partial charge is 0.316 e. The van der Waals surface area contributed by atoms with Crippen LogP contribution in [0.3, 0.4) is 0 Å². The Bertz CT molecular complexity index is 189. The monoisotopic (exact) mass is 197 g/mol. The summed E-state index contributed by atoms with van der Waals surface area (Å²) < 4.78 is 0. The van der Waals surface area contributed by atoms with Gasteiger partial charge in [0.25, 0.3) is 0 Å². The van der Waals surface area contributed by atoms with Gasteiger partial charge in [0.05, 0.1) is 0 Å². The molecule has 2 atom stereocenters. The Morgan fingerprint density at radius 3 is 2.36 bits per heavy atom. The Hall–Kier alpha value is -0.120. The summed E-state index contributed by atoms with van der Waals surface area (Å²) in [6, 6.07) is 0.793. The molecule has 2 heterocycles. The molecule has 0 aromatic heterocycles. The van der Waals surface area contributed by atoms with E-state index in [2.05, 4.69) is 36.3 Å². The Morgan fingerprint density at radius 2 is 2.00 bits per heavy atom. The summed E-state index contributed by atoms with van der Waals surface area (Å²) in [6.45, 7) is 5.03. The van der Waals surface area contributed by atoms with Crippen LogP contribution in [-0.4, -0.2) is 63.2 Å². The zero-order chi connectivity index (χ0) is 10.1. The van der Waals surface area contributed by atoms with Gasteiger partial charge in [-0.1, -0.05) is 0 Å². The van der Waals surface area contributed by atoms with E-state index in [0.717, 1.165) is 17.9 Å². The number of hydrogen-bond acceptors (Lipinski definition) is 3. The fraction of sp³-hybridized carbons (Fsp3) is 1.00. The molecular formula is C11H23N3. The van der Waals surface area contributed by atoms with Crippen LogP contribution in [0.2, 0.25) is 0 Å². The van der Waals surface area contributed by atoms with E-state index in [1.165, 1.54) is 32.6 Å². The van der Waals surface area contributed by atoms with E-state index in [4.69, 9.17) is 0 Å². The van der Waals surface area contributed by atoms with Gasteiger partial charge in [-0.25, -0.2) is 0 Å². The van der Waals surface area contributed by atoms with Crippen molar-refractivity contribution in [3.63, 3.8) is 0 Å². The van der Waals surface area contributed by atoms with Crippen LogP contribution < -0.4 is 5.32 Å². The van der Waals surface area contributed by atoms with Gasteiger partial charge in [0.1, 0.15) is 0 Å². The standard InChI is InChI=1S/C11H23N3/c1-13(2)11(10-6-12-7-10)9-4-5-14(3)8-9/h9-12H,4-8H2,1-3H3. The molecule has 3 heteroatoms. The molecule has 2 fully saturated rings. The van der Waals surface area contributed by atoms with E-state index in [9.17, 15) is 0 Å². The molecule has 0 radical (unpaired) electrons. The van der Waals surface area contributed by atoms with Crippen LogP contribution in [0.4, 0.5) is 0 Å². The summed E-state index contributed by atoms with van der Waals surface area (Å²) in [5.41, 5.74) is 0. The topological polar surface area (TPSA) is 18.5 Å². The summed E-state index contributed by atoms with van der Waals surface area (Å²) >= 11 is 0. The van der Waals surface area contributed by atoms with E-state index in [-0.39, 0.29) is 0 Å². The Morgan fingerprint density at radius 1 is 1.29 bits per heavy atom. The van der Waals surface area contributed by atoms with Crippen molar-refractivity contribution in [2.24, 2.45) is 11.8 Å². The molecule has 14 heavy (non-hydrogen) atoms. The first-order valence-corrected chi connectivity index (χ1v) is 5.74. The number of hydrogen-bond donors (Lipinski definition) is 1. The highest BCUT2D eigenvalue weighted by molar-refractivity contribution is 4.93. The third-order valence-electron chi connectivity index (χ3n) is 3.80. The first kappa shape index (κ1) is 10.4. The van der Waals surface area contributed by atoms with E-state index in [1.54, 1.807) is 0 Å². The van der Waals surface area contributed by atoms with Crippen molar-refractivity contribution in [1.82, 2.24) is 15.1 Å². The fourth-order valence-electron chi connectivity index (χ4n) is 3.03. The van der Waals surface area contributed by atoms with Crippen LogP contribution in [0.15, 0.2) is 0 Å². The van der Waals surface area contributed by atoms with Gasteiger partial charge >= 0.3 is 0 Å². The predicted molar refractivity (Wildman–Crippen MR) is 59.4 cm³/mol. The average molecular weight is 197 g/mol. The molecule has 2 aliphatic rings. The number of nitrogens with one attached hydrogen (secondary N) is 1. The molecular weight excluding hydrogens is 174 g/mol. The van der Waals surface area contributed by atoms with Crippen molar-refractivity contribution in [1.29, 1.82) is 0 Å².